The molecule has 1 atom stereocenters. The molecule has 4 nitrogen and oxygen atoms in total. The first kappa shape index (κ1) is 11.4. The lowest BCUT2D eigenvalue weighted by Gasteiger charge is -2.10. The number of hydrogen-bond acceptors (Lipinski definition) is 3. The van der Waals surface area contributed by atoms with Crippen molar-refractivity contribution in [1.82, 2.24) is 19.9 Å². The van der Waals surface area contributed by atoms with Gasteiger partial charge in [-0.2, -0.15) is 0 Å². The largest absolute Gasteiger partial charge is 0.306 e. The molecule has 0 aliphatic carbocycles. The molecular formula is C12H15IN4. The van der Waals surface area contributed by atoms with E-state index in [0.717, 1.165) is 17.6 Å². The zero-order chi connectivity index (χ0) is 11.8. The molecule has 0 amide bonds. The third-order valence-corrected chi connectivity index (χ3v) is 4.07. The van der Waals surface area contributed by atoms with Gasteiger partial charge in [0.05, 0.1) is 5.52 Å². The number of likely N-dealkylation sites (tertiary alicyclic amines) is 1. The Kier molecular flexibility index (Phi) is 3.04. The lowest BCUT2D eigenvalue weighted by Crippen LogP contribution is -2.17. The third-order valence-electron chi connectivity index (χ3n) is 3.40. The normalized spacial score (nSPS) is 21.4. The number of halogens is 1. The first-order valence-corrected chi connectivity index (χ1v) is 6.97. The van der Waals surface area contributed by atoms with Crippen molar-refractivity contribution in [2.24, 2.45) is 5.92 Å². The maximum absolute atomic E-state index is 4.27. The lowest BCUT2D eigenvalue weighted by atomic mass is 10.1. The van der Waals surface area contributed by atoms with Crippen molar-refractivity contribution in [3.63, 3.8) is 0 Å². The molecule has 0 N–H and O–H groups in total. The van der Waals surface area contributed by atoms with Gasteiger partial charge in [0.2, 0.25) is 0 Å². The number of rotatable bonds is 2. The standard InChI is InChI=1S/C12H15IN4/c1-16-5-4-9(7-16)8-17-12-6-10(13)2-3-11(12)14-15-17/h2-3,6,9H,4-5,7-8H2,1H3. The maximum atomic E-state index is 4.27. The highest BCUT2D eigenvalue weighted by atomic mass is 127. The summed E-state index contributed by atoms with van der Waals surface area (Å²) in [5.41, 5.74) is 2.16. The van der Waals surface area contributed by atoms with Gasteiger partial charge in [-0.3, -0.25) is 0 Å². The molecule has 1 saturated heterocycles. The summed E-state index contributed by atoms with van der Waals surface area (Å²) in [7, 11) is 2.18. The van der Waals surface area contributed by atoms with E-state index in [2.05, 4.69) is 61.7 Å². The maximum Gasteiger partial charge on any atom is 0.113 e. The molecule has 0 radical (unpaired) electrons. The summed E-state index contributed by atoms with van der Waals surface area (Å²) in [4.78, 5) is 2.38. The Hall–Kier alpha value is -0.690. The van der Waals surface area contributed by atoms with Crippen LogP contribution in [0.1, 0.15) is 6.42 Å². The van der Waals surface area contributed by atoms with Crippen LogP contribution in [0.4, 0.5) is 0 Å². The van der Waals surface area contributed by atoms with E-state index in [0.29, 0.717) is 5.92 Å². The van der Waals surface area contributed by atoms with Crippen molar-refractivity contribution in [1.29, 1.82) is 0 Å². The van der Waals surface area contributed by atoms with Gasteiger partial charge in [-0.15, -0.1) is 5.10 Å². The third kappa shape index (κ3) is 2.30. The van der Waals surface area contributed by atoms with Crippen molar-refractivity contribution in [2.75, 3.05) is 20.1 Å². The Bertz CT molecular complexity index is 536. The first-order valence-electron chi connectivity index (χ1n) is 5.89. The average Bonchev–Trinajstić information content (AvgIpc) is 2.87. The quantitative estimate of drug-likeness (QED) is 0.783. The van der Waals surface area contributed by atoms with E-state index in [4.69, 9.17) is 0 Å². The summed E-state index contributed by atoms with van der Waals surface area (Å²) in [6.07, 6.45) is 1.27. The Labute approximate surface area is 114 Å². The summed E-state index contributed by atoms with van der Waals surface area (Å²) in [6, 6.07) is 6.28. The molecule has 2 heterocycles. The Morgan fingerprint density at radius 1 is 1.47 bits per heavy atom. The van der Waals surface area contributed by atoms with Gasteiger partial charge in [0.25, 0.3) is 0 Å². The van der Waals surface area contributed by atoms with Gasteiger partial charge < -0.3 is 4.90 Å². The van der Waals surface area contributed by atoms with E-state index in [1.165, 1.54) is 23.1 Å². The fourth-order valence-electron chi connectivity index (χ4n) is 2.49. The predicted molar refractivity (Wildman–Crippen MR) is 75.8 cm³/mol. The lowest BCUT2D eigenvalue weighted by molar-refractivity contribution is 0.370. The summed E-state index contributed by atoms with van der Waals surface area (Å²) in [6.45, 7) is 3.36. The SMILES string of the molecule is CN1CCC(Cn2nnc3ccc(I)cc32)C1. The van der Waals surface area contributed by atoms with Gasteiger partial charge in [0.15, 0.2) is 0 Å². The molecule has 0 saturated carbocycles. The summed E-state index contributed by atoms with van der Waals surface area (Å²) >= 11 is 2.33. The molecule has 0 spiro atoms. The molecule has 1 fully saturated rings. The number of benzene rings is 1. The van der Waals surface area contributed by atoms with Crippen molar-refractivity contribution >= 4 is 33.6 Å². The van der Waals surface area contributed by atoms with Crippen molar-refractivity contribution in [3.8, 4) is 0 Å². The smallest absolute Gasteiger partial charge is 0.113 e. The van der Waals surface area contributed by atoms with E-state index in [1.54, 1.807) is 0 Å². The number of aromatic nitrogens is 3. The minimum Gasteiger partial charge on any atom is -0.306 e. The fraction of sp³-hybridized carbons (Fsp3) is 0.500. The summed E-state index contributed by atoms with van der Waals surface area (Å²) in [5.74, 6) is 0.711. The van der Waals surface area contributed by atoms with Crippen LogP contribution in [-0.4, -0.2) is 40.0 Å². The minimum absolute atomic E-state index is 0.711. The van der Waals surface area contributed by atoms with Crippen LogP contribution in [0.5, 0.6) is 0 Å². The van der Waals surface area contributed by atoms with Gasteiger partial charge in [-0.1, -0.05) is 5.21 Å². The fourth-order valence-corrected chi connectivity index (χ4v) is 2.97. The molecule has 3 rings (SSSR count). The summed E-state index contributed by atoms with van der Waals surface area (Å²) < 4.78 is 3.30. The van der Waals surface area contributed by atoms with Crippen LogP contribution in [0.15, 0.2) is 18.2 Å². The van der Waals surface area contributed by atoms with Gasteiger partial charge in [0, 0.05) is 16.7 Å². The molecule has 1 aliphatic heterocycles. The van der Waals surface area contributed by atoms with Gasteiger partial charge in [-0.05, 0) is 66.7 Å². The number of hydrogen-bond donors (Lipinski definition) is 0. The van der Waals surface area contributed by atoms with E-state index < -0.39 is 0 Å². The van der Waals surface area contributed by atoms with Crippen LogP contribution in [0.25, 0.3) is 11.0 Å². The average molecular weight is 342 g/mol. The van der Waals surface area contributed by atoms with Crippen LogP contribution in [0.2, 0.25) is 0 Å². The van der Waals surface area contributed by atoms with Gasteiger partial charge in [0.1, 0.15) is 5.52 Å². The zero-order valence-corrected chi connectivity index (χ0v) is 12.0. The highest BCUT2D eigenvalue weighted by molar-refractivity contribution is 14.1. The van der Waals surface area contributed by atoms with Crippen molar-refractivity contribution < 1.29 is 0 Å². The highest BCUT2D eigenvalue weighted by Crippen LogP contribution is 2.20. The van der Waals surface area contributed by atoms with E-state index in [9.17, 15) is 0 Å². The predicted octanol–water partition coefficient (Wildman–Crippen LogP) is 1.99. The molecule has 90 valence electrons. The van der Waals surface area contributed by atoms with Crippen LogP contribution < -0.4 is 0 Å². The second-order valence-corrected chi connectivity index (χ2v) is 6.07. The Morgan fingerprint density at radius 2 is 2.35 bits per heavy atom. The molecule has 1 aromatic carbocycles. The zero-order valence-electron chi connectivity index (χ0n) is 9.80. The highest BCUT2D eigenvalue weighted by Gasteiger charge is 2.20. The van der Waals surface area contributed by atoms with E-state index in [-0.39, 0.29) is 0 Å². The topological polar surface area (TPSA) is 34.0 Å². The molecule has 1 aliphatic rings. The molecule has 1 unspecified atom stereocenters. The Morgan fingerprint density at radius 3 is 3.12 bits per heavy atom. The second-order valence-electron chi connectivity index (χ2n) is 4.82. The molecule has 1 aromatic heterocycles. The van der Waals surface area contributed by atoms with Crippen LogP contribution in [-0.2, 0) is 6.54 Å². The Balaban J connectivity index is 1.87. The van der Waals surface area contributed by atoms with Gasteiger partial charge in [-0.25, -0.2) is 4.68 Å². The minimum atomic E-state index is 0.711. The van der Waals surface area contributed by atoms with E-state index in [1.807, 2.05) is 6.07 Å². The first-order chi connectivity index (χ1) is 8.22. The second kappa shape index (κ2) is 4.53. The van der Waals surface area contributed by atoms with Crippen molar-refractivity contribution in [2.45, 2.75) is 13.0 Å². The molecule has 17 heavy (non-hydrogen) atoms. The monoisotopic (exact) mass is 342 g/mol. The molecule has 0 bridgehead atoms. The molecule has 5 heteroatoms. The van der Waals surface area contributed by atoms with Crippen LogP contribution >= 0.6 is 22.6 Å². The van der Waals surface area contributed by atoms with Crippen LogP contribution in [0, 0.1) is 9.49 Å². The summed E-state index contributed by atoms with van der Waals surface area (Å²) in [5, 5.41) is 8.49. The number of fused-ring (bicyclic) bond motifs is 1. The molecular weight excluding hydrogens is 327 g/mol. The van der Waals surface area contributed by atoms with Gasteiger partial charge >= 0.3 is 0 Å². The van der Waals surface area contributed by atoms with E-state index >= 15 is 0 Å². The number of nitrogens with zero attached hydrogens (tertiary/aromatic N) is 4. The van der Waals surface area contributed by atoms with Crippen LogP contribution in [0.3, 0.4) is 0 Å². The molecule has 2 aromatic rings. The van der Waals surface area contributed by atoms with Crippen molar-refractivity contribution in [3.05, 3.63) is 21.8 Å².